The lowest BCUT2D eigenvalue weighted by molar-refractivity contribution is -0.148. The third-order valence-corrected chi connectivity index (χ3v) is 7.15. The fourth-order valence-corrected chi connectivity index (χ4v) is 4.95. The van der Waals surface area contributed by atoms with Gasteiger partial charge in [0.15, 0.2) is 0 Å². The molecule has 0 aliphatic carbocycles. The second-order valence-corrected chi connectivity index (χ2v) is 10.9. The number of rotatable bonds is 11. The maximum absolute atomic E-state index is 13.4. The zero-order valence-electron chi connectivity index (χ0n) is 24.5. The lowest BCUT2D eigenvalue weighted by Gasteiger charge is -2.27. The van der Waals surface area contributed by atoms with E-state index in [9.17, 15) is 19.2 Å². The van der Waals surface area contributed by atoms with Crippen molar-refractivity contribution in [3.63, 3.8) is 0 Å². The summed E-state index contributed by atoms with van der Waals surface area (Å²) in [6, 6.07) is -1.74. The highest BCUT2D eigenvalue weighted by Crippen LogP contribution is 2.21. The Hall–Kier alpha value is -2.38. The summed E-state index contributed by atoms with van der Waals surface area (Å²) in [5, 5.41) is 8.51. The molecule has 8 heteroatoms. The molecule has 1 rings (SSSR count). The fourth-order valence-electron chi connectivity index (χ4n) is 4.95. The van der Waals surface area contributed by atoms with E-state index in [4.69, 9.17) is 4.74 Å². The normalized spacial score (nSPS) is 24.8. The lowest BCUT2D eigenvalue weighted by atomic mass is 9.92. The van der Waals surface area contributed by atoms with Gasteiger partial charge < -0.3 is 20.7 Å². The molecule has 2 unspecified atom stereocenters. The first-order valence-electron chi connectivity index (χ1n) is 14.9. The Labute approximate surface area is 230 Å². The number of carbonyl (C=O) groups is 4. The molecular formula is C30H53N3O5. The van der Waals surface area contributed by atoms with Crippen LogP contribution in [0.4, 0.5) is 0 Å². The molecule has 8 nitrogen and oxygen atoms in total. The Bertz CT molecular complexity index is 752. The van der Waals surface area contributed by atoms with E-state index in [1.807, 2.05) is 19.9 Å². The van der Waals surface area contributed by atoms with Gasteiger partial charge in [-0.2, -0.15) is 0 Å². The van der Waals surface area contributed by atoms with Crippen LogP contribution in [0.2, 0.25) is 0 Å². The molecule has 1 heterocycles. The molecule has 0 aromatic rings. The van der Waals surface area contributed by atoms with Gasteiger partial charge in [0.1, 0.15) is 12.1 Å². The molecule has 0 saturated heterocycles. The van der Waals surface area contributed by atoms with Crippen LogP contribution in [0.15, 0.2) is 12.2 Å². The second-order valence-electron chi connectivity index (χ2n) is 10.9. The summed E-state index contributed by atoms with van der Waals surface area (Å²) in [5.74, 6) is -1.71. The Morgan fingerprint density at radius 2 is 1.76 bits per heavy atom. The summed E-state index contributed by atoms with van der Waals surface area (Å²) < 4.78 is 5.23. The maximum Gasteiger partial charge on any atom is 0.328 e. The molecule has 0 aromatic carbocycles. The summed E-state index contributed by atoms with van der Waals surface area (Å²) in [4.78, 5) is 52.2. The molecule has 0 bridgehead atoms. The third-order valence-electron chi connectivity index (χ3n) is 7.15. The Morgan fingerprint density at radius 3 is 2.42 bits per heavy atom. The number of hydrogen-bond acceptors (Lipinski definition) is 5. The summed E-state index contributed by atoms with van der Waals surface area (Å²) in [7, 11) is 1.57. The molecule has 1 aliphatic rings. The minimum atomic E-state index is -0.980. The van der Waals surface area contributed by atoms with Crippen LogP contribution in [0.25, 0.3) is 0 Å². The molecule has 38 heavy (non-hydrogen) atoms. The quantitative estimate of drug-likeness (QED) is 0.200. The van der Waals surface area contributed by atoms with Gasteiger partial charge in [0, 0.05) is 18.9 Å². The molecule has 0 aromatic heterocycles. The van der Waals surface area contributed by atoms with Gasteiger partial charge in [-0.25, -0.2) is 4.79 Å². The molecule has 3 N–H and O–H groups in total. The third kappa shape index (κ3) is 13.4. The van der Waals surface area contributed by atoms with Crippen LogP contribution in [0.3, 0.4) is 0 Å². The van der Waals surface area contributed by atoms with Crippen LogP contribution in [-0.2, 0) is 23.9 Å². The zero-order valence-corrected chi connectivity index (χ0v) is 24.5. The monoisotopic (exact) mass is 535 g/mol. The first-order valence-corrected chi connectivity index (χ1v) is 14.9. The predicted molar refractivity (Wildman–Crippen MR) is 151 cm³/mol. The van der Waals surface area contributed by atoms with E-state index >= 15 is 0 Å². The van der Waals surface area contributed by atoms with E-state index in [-0.39, 0.29) is 36.7 Å². The molecule has 0 fully saturated rings. The number of ether oxygens (including phenoxy) is 1. The highest BCUT2D eigenvalue weighted by atomic mass is 16.5. The van der Waals surface area contributed by atoms with Crippen LogP contribution in [-0.4, -0.2) is 49.4 Å². The van der Waals surface area contributed by atoms with Crippen LogP contribution in [0.1, 0.15) is 111 Å². The summed E-state index contributed by atoms with van der Waals surface area (Å²) in [6.07, 6.45) is 15.2. The smallest absolute Gasteiger partial charge is 0.328 e. The van der Waals surface area contributed by atoms with E-state index < -0.39 is 29.9 Å². The first kappa shape index (κ1) is 33.6. The molecule has 1 aliphatic heterocycles. The summed E-state index contributed by atoms with van der Waals surface area (Å²) in [5.41, 5.74) is 0. The van der Waals surface area contributed by atoms with E-state index in [2.05, 4.69) is 29.0 Å². The lowest BCUT2D eigenvalue weighted by Crippen LogP contribution is -2.54. The van der Waals surface area contributed by atoms with Crippen molar-refractivity contribution in [1.82, 2.24) is 16.0 Å². The molecule has 4 atom stereocenters. The van der Waals surface area contributed by atoms with Crippen molar-refractivity contribution in [2.24, 2.45) is 17.8 Å². The summed E-state index contributed by atoms with van der Waals surface area (Å²) >= 11 is 0. The predicted octanol–water partition coefficient (Wildman–Crippen LogP) is 4.81. The van der Waals surface area contributed by atoms with Crippen molar-refractivity contribution in [2.45, 2.75) is 123 Å². The minimum absolute atomic E-state index is 0.0835. The van der Waals surface area contributed by atoms with Crippen molar-refractivity contribution in [3.05, 3.63) is 12.2 Å². The van der Waals surface area contributed by atoms with Crippen molar-refractivity contribution >= 4 is 23.7 Å². The number of hydrogen-bond donors (Lipinski definition) is 3. The van der Waals surface area contributed by atoms with Crippen LogP contribution in [0.5, 0.6) is 0 Å². The van der Waals surface area contributed by atoms with Crippen molar-refractivity contribution in [3.8, 4) is 0 Å². The van der Waals surface area contributed by atoms with Gasteiger partial charge in [0.05, 0.1) is 6.61 Å². The summed E-state index contributed by atoms with van der Waals surface area (Å²) in [6.45, 7) is 8.07. The van der Waals surface area contributed by atoms with Crippen LogP contribution in [0, 0.1) is 17.8 Å². The zero-order chi connectivity index (χ0) is 28.3. The SMILES string of the molecule is CCCCCCCC1CCCC/C=C\CC(C(=O)NC)C[C@@H](C(=O)OCC)NC(=O)[C@H](CC(C)C)NC1=O. The topological polar surface area (TPSA) is 114 Å². The number of carbonyl (C=O) groups excluding carboxylic acids is 4. The van der Waals surface area contributed by atoms with Gasteiger partial charge in [0.2, 0.25) is 17.7 Å². The van der Waals surface area contributed by atoms with Gasteiger partial charge in [-0.15, -0.1) is 0 Å². The van der Waals surface area contributed by atoms with E-state index in [0.29, 0.717) is 12.8 Å². The largest absolute Gasteiger partial charge is 0.464 e. The Kier molecular flexibility index (Phi) is 17.4. The van der Waals surface area contributed by atoms with Crippen molar-refractivity contribution < 1.29 is 23.9 Å². The standard InChI is InChI=1S/C30H53N3O5/c1-6-8-9-11-14-17-23-18-15-12-10-13-16-19-24(27(34)31-5)21-26(30(37)38-7-2)33-29(36)25(20-22(3)4)32-28(23)35/h13,16,22-26H,6-12,14-15,17-21H2,1-5H3,(H,31,34)(H,32,35)(H,33,36)/b16-13-/t23?,24?,25-,26-/m0/s1. The highest BCUT2D eigenvalue weighted by molar-refractivity contribution is 5.91. The molecule has 0 spiro atoms. The molecule has 3 amide bonds. The van der Waals surface area contributed by atoms with Gasteiger partial charge in [-0.05, 0) is 57.8 Å². The van der Waals surface area contributed by atoms with Crippen LogP contribution < -0.4 is 16.0 Å². The van der Waals surface area contributed by atoms with Gasteiger partial charge >= 0.3 is 5.97 Å². The van der Waals surface area contributed by atoms with E-state index in [0.717, 1.165) is 44.9 Å². The first-order chi connectivity index (χ1) is 18.2. The molecule has 0 saturated carbocycles. The van der Waals surface area contributed by atoms with Gasteiger partial charge in [-0.1, -0.05) is 71.4 Å². The highest BCUT2D eigenvalue weighted by Gasteiger charge is 2.32. The van der Waals surface area contributed by atoms with Crippen molar-refractivity contribution in [2.75, 3.05) is 13.7 Å². The Morgan fingerprint density at radius 1 is 1.03 bits per heavy atom. The number of nitrogens with one attached hydrogen (secondary N) is 3. The minimum Gasteiger partial charge on any atom is -0.464 e. The number of unbranched alkanes of at least 4 members (excludes halogenated alkanes) is 4. The molecule has 218 valence electrons. The molecular weight excluding hydrogens is 482 g/mol. The Balaban J connectivity index is 3.19. The van der Waals surface area contributed by atoms with Crippen molar-refractivity contribution in [1.29, 1.82) is 0 Å². The van der Waals surface area contributed by atoms with Gasteiger partial charge in [-0.3, -0.25) is 14.4 Å². The van der Waals surface area contributed by atoms with E-state index in [1.54, 1.807) is 14.0 Å². The molecule has 0 radical (unpaired) electrons. The van der Waals surface area contributed by atoms with Gasteiger partial charge in [0.25, 0.3) is 0 Å². The fraction of sp³-hybridized carbons (Fsp3) is 0.800. The van der Waals surface area contributed by atoms with Crippen LogP contribution >= 0.6 is 0 Å². The maximum atomic E-state index is 13.4. The number of esters is 1. The van der Waals surface area contributed by atoms with E-state index in [1.165, 1.54) is 19.3 Å². The second kappa shape index (κ2) is 19.7. The number of allylic oxidation sites excluding steroid dienone is 2. The number of amides is 3. The average Bonchev–Trinajstić information content (AvgIpc) is 2.88. The average molecular weight is 536 g/mol.